The first-order valence-electron chi connectivity index (χ1n) is 10.4. The summed E-state index contributed by atoms with van der Waals surface area (Å²) in [5.74, 6) is 0. The molecular formula is C28H17ClN2O. The number of fused-ring (bicyclic) bond motifs is 3. The first-order valence-corrected chi connectivity index (χ1v) is 10.8. The van der Waals surface area contributed by atoms with Crippen molar-refractivity contribution in [2.75, 3.05) is 0 Å². The van der Waals surface area contributed by atoms with E-state index in [1.807, 2.05) is 60.7 Å². The second kappa shape index (κ2) is 7.63. The predicted octanol–water partition coefficient (Wildman–Crippen LogP) is 8.03. The zero-order valence-electron chi connectivity index (χ0n) is 17.0. The van der Waals surface area contributed by atoms with Crippen LogP contribution in [0.25, 0.3) is 55.6 Å². The Morgan fingerprint density at radius 2 is 1.12 bits per heavy atom. The standard InChI is InChI=1S/C28H17ClN2O/c29-28-30-26(25-23-13-7-8-14-24(23)32-27(25)31-28)22-16-20(18-9-3-1-4-10-18)15-21(17-22)19-11-5-2-6-12-19/h1-17H. The van der Waals surface area contributed by atoms with Gasteiger partial charge in [-0.15, -0.1) is 0 Å². The van der Waals surface area contributed by atoms with Crippen molar-refractivity contribution in [3.63, 3.8) is 0 Å². The third-order valence-corrected chi connectivity index (χ3v) is 5.80. The van der Waals surface area contributed by atoms with E-state index in [9.17, 15) is 0 Å². The van der Waals surface area contributed by atoms with Gasteiger partial charge in [-0.25, -0.2) is 4.98 Å². The number of aromatic nitrogens is 2. The molecule has 0 aliphatic carbocycles. The lowest BCUT2D eigenvalue weighted by Gasteiger charge is -2.11. The normalized spacial score (nSPS) is 11.3. The fourth-order valence-corrected chi connectivity index (χ4v) is 4.33. The van der Waals surface area contributed by atoms with Crippen LogP contribution in [0.5, 0.6) is 0 Å². The average molecular weight is 433 g/mol. The van der Waals surface area contributed by atoms with Gasteiger partial charge in [0.2, 0.25) is 11.0 Å². The van der Waals surface area contributed by atoms with Crippen LogP contribution in [0.4, 0.5) is 0 Å². The van der Waals surface area contributed by atoms with Crippen LogP contribution in [-0.2, 0) is 0 Å². The fourth-order valence-electron chi connectivity index (χ4n) is 4.16. The highest BCUT2D eigenvalue weighted by atomic mass is 35.5. The van der Waals surface area contributed by atoms with E-state index in [-0.39, 0.29) is 5.28 Å². The molecule has 0 N–H and O–H groups in total. The second-order valence-electron chi connectivity index (χ2n) is 7.65. The van der Waals surface area contributed by atoms with Gasteiger partial charge < -0.3 is 4.42 Å². The van der Waals surface area contributed by atoms with Crippen LogP contribution in [0.3, 0.4) is 0 Å². The molecule has 0 amide bonds. The van der Waals surface area contributed by atoms with E-state index in [1.54, 1.807) is 0 Å². The molecule has 0 saturated heterocycles. The highest BCUT2D eigenvalue weighted by Gasteiger charge is 2.18. The number of nitrogens with zero attached hydrogens (tertiary/aromatic N) is 2. The van der Waals surface area contributed by atoms with Gasteiger partial charge in [0.05, 0.1) is 11.1 Å². The molecule has 2 aromatic heterocycles. The van der Waals surface area contributed by atoms with Crippen molar-refractivity contribution in [1.82, 2.24) is 9.97 Å². The summed E-state index contributed by atoms with van der Waals surface area (Å²) in [5, 5.41) is 2.01. The summed E-state index contributed by atoms with van der Waals surface area (Å²) in [5.41, 5.74) is 7.48. The van der Waals surface area contributed by atoms with Gasteiger partial charge >= 0.3 is 0 Å². The summed E-state index contributed by atoms with van der Waals surface area (Å²) < 4.78 is 5.99. The molecule has 0 saturated carbocycles. The molecule has 2 heterocycles. The number of hydrogen-bond donors (Lipinski definition) is 0. The van der Waals surface area contributed by atoms with E-state index in [2.05, 4.69) is 52.4 Å². The maximum Gasteiger partial charge on any atom is 0.232 e. The van der Waals surface area contributed by atoms with Gasteiger partial charge in [-0.05, 0) is 58.1 Å². The van der Waals surface area contributed by atoms with Crippen molar-refractivity contribution in [3.05, 3.63) is 108 Å². The molecule has 6 aromatic rings. The lowest BCUT2D eigenvalue weighted by molar-refractivity contribution is 0.653. The zero-order valence-corrected chi connectivity index (χ0v) is 17.8. The van der Waals surface area contributed by atoms with E-state index in [1.165, 1.54) is 0 Å². The minimum atomic E-state index is 0.165. The van der Waals surface area contributed by atoms with Gasteiger partial charge in [0.15, 0.2) is 0 Å². The van der Waals surface area contributed by atoms with E-state index in [0.717, 1.165) is 49.9 Å². The first kappa shape index (κ1) is 18.8. The smallest absolute Gasteiger partial charge is 0.232 e. The van der Waals surface area contributed by atoms with Crippen molar-refractivity contribution in [2.45, 2.75) is 0 Å². The highest BCUT2D eigenvalue weighted by Crippen LogP contribution is 2.38. The van der Waals surface area contributed by atoms with Crippen molar-refractivity contribution >= 4 is 33.7 Å². The Morgan fingerprint density at radius 3 is 1.78 bits per heavy atom. The summed E-state index contributed by atoms with van der Waals surface area (Å²) in [7, 11) is 0. The van der Waals surface area contributed by atoms with Crippen LogP contribution in [0.1, 0.15) is 0 Å². The van der Waals surface area contributed by atoms with Gasteiger partial charge in [-0.3, -0.25) is 0 Å². The molecule has 32 heavy (non-hydrogen) atoms. The molecular weight excluding hydrogens is 416 g/mol. The number of benzene rings is 4. The summed E-state index contributed by atoms with van der Waals surface area (Å²) in [6.45, 7) is 0. The predicted molar refractivity (Wildman–Crippen MR) is 131 cm³/mol. The van der Waals surface area contributed by atoms with Crippen LogP contribution in [-0.4, -0.2) is 9.97 Å². The summed E-state index contributed by atoms with van der Waals surface area (Å²) in [6, 6.07) is 35.1. The molecule has 152 valence electrons. The van der Waals surface area contributed by atoms with Crippen LogP contribution < -0.4 is 0 Å². The molecule has 4 heteroatoms. The van der Waals surface area contributed by atoms with Crippen LogP contribution in [0, 0.1) is 0 Å². The molecule has 0 fully saturated rings. The van der Waals surface area contributed by atoms with Crippen LogP contribution >= 0.6 is 11.6 Å². The SMILES string of the molecule is Clc1nc(-c2cc(-c3ccccc3)cc(-c3ccccc3)c2)c2c(n1)oc1ccccc12. The Morgan fingerprint density at radius 1 is 0.562 bits per heavy atom. The molecule has 3 nitrogen and oxygen atoms in total. The molecule has 0 atom stereocenters. The van der Waals surface area contributed by atoms with Crippen molar-refractivity contribution in [3.8, 4) is 33.5 Å². The highest BCUT2D eigenvalue weighted by molar-refractivity contribution is 6.29. The minimum Gasteiger partial charge on any atom is -0.438 e. The zero-order chi connectivity index (χ0) is 21.5. The average Bonchev–Trinajstić information content (AvgIpc) is 3.22. The lowest BCUT2D eigenvalue weighted by atomic mass is 9.94. The van der Waals surface area contributed by atoms with Crippen molar-refractivity contribution < 1.29 is 4.42 Å². The van der Waals surface area contributed by atoms with Gasteiger partial charge in [-0.2, -0.15) is 4.98 Å². The number of rotatable bonds is 3. The molecule has 0 spiro atoms. The maximum absolute atomic E-state index is 6.33. The van der Waals surface area contributed by atoms with Crippen LogP contribution in [0.15, 0.2) is 108 Å². The Balaban J connectivity index is 1.68. The Labute approximate surface area is 190 Å². The van der Waals surface area contributed by atoms with Gasteiger partial charge in [0.1, 0.15) is 5.58 Å². The Kier molecular flexibility index (Phi) is 4.48. The summed E-state index contributed by atoms with van der Waals surface area (Å²) in [4.78, 5) is 9.01. The lowest BCUT2D eigenvalue weighted by Crippen LogP contribution is -1.92. The largest absolute Gasteiger partial charge is 0.438 e. The van der Waals surface area contributed by atoms with Gasteiger partial charge in [0, 0.05) is 10.9 Å². The molecule has 0 radical (unpaired) electrons. The summed E-state index contributed by atoms with van der Waals surface area (Å²) in [6.07, 6.45) is 0. The maximum atomic E-state index is 6.33. The van der Waals surface area contributed by atoms with E-state index in [4.69, 9.17) is 16.0 Å². The van der Waals surface area contributed by atoms with E-state index >= 15 is 0 Å². The molecule has 0 aliphatic heterocycles. The van der Waals surface area contributed by atoms with Crippen molar-refractivity contribution in [1.29, 1.82) is 0 Å². The van der Waals surface area contributed by atoms with Crippen LogP contribution in [0.2, 0.25) is 5.28 Å². The third kappa shape index (κ3) is 3.24. The monoisotopic (exact) mass is 432 g/mol. The number of para-hydroxylation sites is 1. The minimum absolute atomic E-state index is 0.165. The molecule has 0 unspecified atom stereocenters. The molecule has 4 aromatic carbocycles. The number of hydrogen-bond acceptors (Lipinski definition) is 3. The first-order chi connectivity index (χ1) is 15.8. The Bertz CT molecular complexity index is 1520. The Hall–Kier alpha value is -3.95. The summed E-state index contributed by atoms with van der Waals surface area (Å²) >= 11 is 6.33. The van der Waals surface area contributed by atoms with E-state index < -0.39 is 0 Å². The molecule has 6 rings (SSSR count). The fraction of sp³-hybridized carbons (Fsp3) is 0. The number of halogens is 1. The van der Waals surface area contributed by atoms with Gasteiger partial charge in [-0.1, -0.05) is 78.9 Å². The van der Waals surface area contributed by atoms with Gasteiger partial charge in [0.25, 0.3) is 0 Å². The number of furan rings is 1. The molecule has 0 aliphatic rings. The second-order valence-corrected chi connectivity index (χ2v) is 7.99. The third-order valence-electron chi connectivity index (χ3n) is 5.63. The van der Waals surface area contributed by atoms with E-state index in [0.29, 0.717) is 5.71 Å². The topological polar surface area (TPSA) is 38.9 Å². The molecule has 0 bridgehead atoms. The van der Waals surface area contributed by atoms with Crippen molar-refractivity contribution in [2.24, 2.45) is 0 Å². The quantitative estimate of drug-likeness (QED) is 0.266.